The molecule has 17 heavy (non-hydrogen) atoms. The van der Waals surface area contributed by atoms with Crippen molar-refractivity contribution in [3.05, 3.63) is 21.9 Å². The van der Waals surface area contributed by atoms with Crippen molar-refractivity contribution in [2.24, 2.45) is 5.92 Å². The molecule has 2 rings (SSSR count). The molecule has 1 aliphatic carbocycles. The Kier molecular flexibility index (Phi) is 3.31. The third-order valence-corrected chi connectivity index (χ3v) is 3.39. The second kappa shape index (κ2) is 4.73. The van der Waals surface area contributed by atoms with Crippen LogP contribution in [-0.2, 0) is 9.53 Å². The number of carbonyl (C=O) groups excluding carboxylic acids is 1. The molecular weight excluding hydrogens is 224 g/mol. The zero-order chi connectivity index (χ0) is 12.4. The number of hydrogen-bond donors (Lipinski definition) is 1. The highest BCUT2D eigenvalue weighted by Gasteiger charge is 2.39. The monoisotopic (exact) mass is 240 g/mol. The lowest BCUT2D eigenvalue weighted by Gasteiger charge is -2.26. The van der Waals surface area contributed by atoms with Gasteiger partial charge < -0.3 is 10.1 Å². The summed E-state index contributed by atoms with van der Waals surface area (Å²) in [5, 5.41) is 13.8. The number of fused-ring (bicyclic) bond motifs is 1. The summed E-state index contributed by atoms with van der Waals surface area (Å²) in [6.45, 7) is 2.09. The Morgan fingerprint density at radius 1 is 1.65 bits per heavy atom. The van der Waals surface area contributed by atoms with Gasteiger partial charge >= 0.3 is 5.97 Å². The van der Waals surface area contributed by atoms with Gasteiger partial charge in [0, 0.05) is 29.7 Å². The Balaban J connectivity index is 2.01. The number of nitrogens with one attached hydrogen (secondary N) is 1. The molecule has 0 aromatic carbocycles. The number of rotatable bonds is 3. The zero-order valence-corrected chi connectivity index (χ0v) is 9.72. The van der Waals surface area contributed by atoms with E-state index in [-0.39, 0.29) is 22.9 Å². The number of hydrogen-bond acceptors (Lipinski definition) is 5. The number of carbonyl (C=O) groups is 1. The van der Waals surface area contributed by atoms with Crippen LogP contribution in [-0.4, -0.2) is 29.6 Å². The maximum atomic E-state index is 11.5. The summed E-state index contributed by atoms with van der Waals surface area (Å²) in [6, 6.07) is -0.318. The predicted molar refractivity (Wildman–Crippen MR) is 59.8 cm³/mol. The van der Waals surface area contributed by atoms with Gasteiger partial charge in [-0.3, -0.25) is 10.1 Å². The average Bonchev–Trinajstić information content (AvgIpc) is 2.71. The van der Waals surface area contributed by atoms with Crippen molar-refractivity contribution >= 4 is 5.97 Å². The molecule has 0 radical (unpaired) electrons. The third kappa shape index (κ3) is 2.40. The fraction of sp³-hybridized carbons (Fsp3) is 0.727. The van der Waals surface area contributed by atoms with Gasteiger partial charge in [-0.05, 0) is 19.4 Å². The van der Waals surface area contributed by atoms with Crippen LogP contribution in [0.3, 0.4) is 0 Å². The first-order valence-corrected chi connectivity index (χ1v) is 5.90. The minimum atomic E-state index is -0.476. The van der Waals surface area contributed by atoms with Crippen molar-refractivity contribution < 1.29 is 14.5 Å². The van der Waals surface area contributed by atoms with Gasteiger partial charge in [-0.2, -0.15) is 0 Å². The van der Waals surface area contributed by atoms with E-state index in [1.165, 1.54) is 0 Å². The van der Waals surface area contributed by atoms with Gasteiger partial charge in [-0.15, -0.1) is 0 Å². The molecule has 0 aromatic rings. The van der Waals surface area contributed by atoms with Gasteiger partial charge in [0.2, 0.25) is 6.04 Å². The smallest absolute Gasteiger partial charge is 0.354 e. The van der Waals surface area contributed by atoms with Crippen molar-refractivity contribution in [3.8, 4) is 0 Å². The van der Waals surface area contributed by atoms with E-state index in [4.69, 9.17) is 4.74 Å². The minimum absolute atomic E-state index is 0.0820. The average molecular weight is 240 g/mol. The number of nitro groups is 1. The van der Waals surface area contributed by atoms with E-state index < -0.39 is 6.04 Å². The quantitative estimate of drug-likeness (QED) is 0.449. The molecular formula is C11H16N2O4. The van der Waals surface area contributed by atoms with Crippen molar-refractivity contribution in [1.29, 1.82) is 0 Å². The van der Waals surface area contributed by atoms with Crippen LogP contribution in [0, 0.1) is 16.0 Å². The fourth-order valence-electron chi connectivity index (χ4n) is 2.53. The van der Waals surface area contributed by atoms with Gasteiger partial charge in [-0.1, -0.05) is 0 Å². The van der Waals surface area contributed by atoms with E-state index in [2.05, 4.69) is 5.32 Å². The van der Waals surface area contributed by atoms with Crippen LogP contribution < -0.4 is 5.32 Å². The topological polar surface area (TPSA) is 81.5 Å². The van der Waals surface area contributed by atoms with Crippen LogP contribution in [0.4, 0.5) is 0 Å². The van der Waals surface area contributed by atoms with Gasteiger partial charge in [0.15, 0.2) is 0 Å². The number of esters is 1. The standard InChI is InChI=1S/C11H16N2O4/c1-2-17-11(14)10-6-7-5-8(13(15)16)3-4-9(7)12-10/h6-9,12H,2-5H2,1H3. The Labute approximate surface area is 99.2 Å². The van der Waals surface area contributed by atoms with Crippen molar-refractivity contribution in [2.45, 2.75) is 38.3 Å². The highest BCUT2D eigenvalue weighted by molar-refractivity contribution is 5.88. The number of ether oxygens (including phenoxy) is 1. The summed E-state index contributed by atoms with van der Waals surface area (Å²) in [4.78, 5) is 22.0. The maximum absolute atomic E-state index is 11.5. The normalized spacial score (nSPS) is 31.1. The van der Waals surface area contributed by atoms with Crippen LogP contribution in [0.1, 0.15) is 26.2 Å². The molecule has 1 saturated carbocycles. The van der Waals surface area contributed by atoms with Crippen molar-refractivity contribution in [3.63, 3.8) is 0 Å². The summed E-state index contributed by atoms with van der Waals surface area (Å²) in [6.07, 6.45) is 3.60. The van der Waals surface area contributed by atoms with Crippen molar-refractivity contribution in [1.82, 2.24) is 5.32 Å². The maximum Gasteiger partial charge on any atom is 0.354 e. The molecule has 1 fully saturated rings. The first-order chi connectivity index (χ1) is 8.11. The molecule has 1 aliphatic heterocycles. The molecule has 1 heterocycles. The molecule has 2 aliphatic rings. The highest BCUT2D eigenvalue weighted by atomic mass is 16.6. The van der Waals surface area contributed by atoms with E-state index >= 15 is 0 Å². The SMILES string of the molecule is CCOC(=O)C1=CC2CC([N+](=O)[O-])CCC2N1. The molecule has 0 bridgehead atoms. The molecule has 3 unspecified atom stereocenters. The molecule has 6 nitrogen and oxygen atoms in total. The van der Waals surface area contributed by atoms with E-state index in [9.17, 15) is 14.9 Å². The lowest BCUT2D eigenvalue weighted by Crippen LogP contribution is -2.39. The first kappa shape index (κ1) is 11.9. The molecule has 94 valence electrons. The van der Waals surface area contributed by atoms with Gasteiger partial charge in [0.1, 0.15) is 5.70 Å². The summed E-state index contributed by atoms with van der Waals surface area (Å²) < 4.78 is 4.90. The Hall–Kier alpha value is -1.59. The zero-order valence-electron chi connectivity index (χ0n) is 9.72. The fourth-order valence-corrected chi connectivity index (χ4v) is 2.53. The van der Waals surface area contributed by atoms with E-state index in [0.717, 1.165) is 6.42 Å². The molecule has 0 amide bonds. The summed E-state index contributed by atoms with van der Waals surface area (Å²) in [7, 11) is 0. The van der Waals surface area contributed by atoms with Gasteiger partial charge in [0.05, 0.1) is 6.61 Å². The van der Waals surface area contributed by atoms with E-state index in [1.807, 2.05) is 0 Å². The van der Waals surface area contributed by atoms with E-state index in [0.29, 0.717) is 25.1 Å². The summed E-state index contributed by atoms with van der Waals surface area (Å²) in [5.41, 5.74) is 0.464. The molecule has 6 heteroatoms. The van der Waals surface area contributed by atoms with Crippen LogP contribution in [0.5, 0.6) is 0 Å². The van der Waals surface area contributed by atoms with Gasteiger partial charge in [-0.25, -0.2) is 4.79 Å². The lowest BCUT2D eigenvalue weighted by molar-refractivity contribution is -0.527. The van der Waals surface area contributed by atoms with Crippen LogP contribution in [0.25, 0.3) is 0 Å². The number of nitrogens with zero attached hydrogens (tertiary/aromatic N) is 1. The van der Waals surface area contributed by atoms with Crippen LogP contribution >= 0.6 is 0 Å². The highest BCUT2D eigenvalue weighted by Crippen LogP contribution is 2.32. The molecule has 0 spiro atoms. The molecule has 1 N–H and O–H groups in total. The van der Waals surface area contributed by atoms with Gasteiger partial charge in [0.25, 0.3) is 0 Å². The van der Waals surface area contributed by atoms with Crippen LogP contribution in [0.15, 0.2) is 11.8 Å². The third-order valence-electron chi connectivity index (χ3n) is 3.39. The second-order valence-electron chi connectivity index (χ2n) is 4.47. The first-order valence-electron chi connectivity index (χ1n) is 5.90. The Morgan fingerprint density at radius 2 is 2.41 bits per heavy atom. The predicted octanol–water partition coefficient (Wildman–Crippen LogP) is 0.851. The largest absolute Gasteiger partial charge is 0.461 e. The van der Waals surface area contributed by atoms with E-state index in [1.54, 1.807) is 13.0 Å². The lowest BCUT2D eigenvalue weighted by atomic mass is 9.83. The molecule has 0 saturated heterocycles. The second-order valence-corrected chi connectivity index (χ2v) is 4.47. The van der Waals surface area contributed by atoms with Crippen molar-refractivity contribution in [2.75, 3.05) is 6.61 Å². The molecule has 0 aromatic heterocycles. The Bertz CT molecular complexity index is 366. The van der Waals surface area contributed by atoms with Crippen LogP contribution in [0.2, 0.25) is 0 Å². The minimum Gasteiger partial charge on any atom is -0.461 e. The summed E-state index contributed by atoms with van der Waals surface area (Å²) in [5.74, 6) is -0.280. The Morgan fingerprint density at radius 3 is 3.06 bits per heavy atom. The summed E-state index contributed by atoms with van der Waals surface area (Å²) >= 11 is 0. The molecule has 3 atom stereocenters.